The number of rotatable bonds is 7. The number of ether oxygens (including phenoxy) is 2. The molecule has 1 aromatic carbocycles. The molecule has 0 bridgehead atoms. The van der Waals surface area contributed by atoms with E-state index >= 15 is 0 Å². The minimum absolute atomic E-state index is 0.101. The molecule has 1 amide bonds. The van der Waals surface area contributed by atoms with Gasteiger partial charge in [-0.1, -0.05) is 30.3 Å². The Bertz CT molecular complexity index is 1170. The molecule has 4 aliphatic rings. The number of carbonyl (C=O) groups is 2. The van der Waals surface area contributed by atoms with E-state index in [4.69, 9.17) is 19.6 Å². The van der Waals surface area contributed by atoms with Gasteiger partial charge in [-0.2, -0.15) is 4.98 Å². The predicted molar refractivity (Wildman–Crippen MR) is 148 cm³/mol. The second-order valence-corrected chi connectivity index (χ2v) is 11.2. The van der Waals surface area contributed by atoms with Crippen LogP contribution in [-0.4, -0.2) is 93.6 Å². The number of aromatic nitrogens is 2. The van der Waals surface area contributed by atoms with E-state index in [1.807, 2.05) is 29.2 Å². The lowest BCUT2D eigenvalue weighted by Gasteiger charge is -2.44. The van der Waals surface area contributed by atoms with E-state index in [1.54, 1.807) is 6.20 Å². The van der Waals surface area contributed by atoms with Gasteiger partial charge in [0.1, 0.15) is 18.0 Å². The summed E-state index contributed by atoms with van der Waals surface area (Å²) >= 11 is 0. The lowest BCUT2D eigenvalue weighted by molar-refractivity contribution is -0.0241. The van der Waals surface area contributed by atoms with Gasteiger partial charge in [0.15, 0.2) is 0 Å². The minimum atomic E-state index is -1.21. The van der Waals surface area contributed by atoms with Crippen molar-refractivity contribution in [1.29, 1.82) is 0 Å². The van der Waals surface area contributed by atoms with E-state index in [2.05, 4.69) is 32.2 Å². The van der Waals surface area contributed by atoms with Crippen LogP contribution in [0.3, 0.4) is 0 Å². The maximum Gasteiger partial charge on any atom is 0.506 e. The number of likely N-dealkylation sites (tertiary alicyclic amines) is 1. The third-order valence-corrected chi connectivity index (χ3v) is 8.89. The van der Waals surface area contributed by atoms with Crippen molar-refractivity contribution < 1.29 is 24.2 Å². The number of carboxylic acid groups (broad SMARTS) is 1. The van der Waals surface area contributed by atoms with Crippen LogP contribution in [0, 0.1) is 0 Å². The smallest absolute Gasteiger partial charge is 0.450 e. The molecule has 0 radical (unpaired) electrons. The first kappa shape index (κ1) is 26.6. The van der Waals surface area contributed by atoms with E-state index in [9.17, 15) is 9.59 Å². The van der Waals surface area contributed by atoms with Crippen LogP contribution >= 0.6 is 0 Å². The van der Waals surface area contributed by atoms with Crippen molar-refractivity contribution in [3.8, 4) is 0 Å². The number of anilines is 2. The number of benzene rings is 1. The molecule has 1 aromatic heterocycles. The Labute approximate surface area is 234 Å². The molecule has 3 atom stereocenters. The van der Waals surface area contributed by atoms with E-state index in [0.29, 0.717) is 25.3 Å². The lowest BCUT2D eigenvalue weighted by atomic mass is 9.85. The Kier molecular flexibility index (Phi) is 7.90. The van der Waals surface area contributed by atoms with Crippen LogP contribution in [-0.2, 0) is 16.0 Å². The second kappa shape index (κ2) is 11.9. The average molecular weight is 551 g/mol. The fourth-order valence-electron chi connectivity index (χ4n) is 6.93. The molecular formula is C29H38N6O5. The van der Waals surface area contributed by atoms with Gasteiger partial charge >= 0.3 is 12.2 Å². The Hall–Kier alpha value is -3.60. The van der Waals surface area contributed by atoms with Crippen LogP contribution in [0.4, 0.5) is 21.4 Å². The molecule has 4 fully saturated rings. The molecule has 6 rings (SSSR count). The van der Waals surface area contributed by atoms with Gasteiger partial charge in [0.05, 0.1) is 6.04 Å². The maximum atomic E-state index is 13.2. The van der Waals surface area contributed by atoms with Crippen molar-refractivity contribution in [2.24, 2.45) is 0 Å². The first-order valence-electron chi connectivity index (χ1n) is 14.5. The van der Waals surface area contributed by atoms with Gasteiger partial charge < -0.3 is 24.8 Å². The summed E-state index contributed by atoms with van der Waals surface area (Å²) < 4.78 is 11.0. The van der Waals surface area contributed by atoms with Gasteiger partial charge in [-0.25, -0.2) is 14.6 Å². The Morgan fingerprint density at radius 1 is 1.00 bits per heavy atom. The van der Waals surface area contributed by atoms with E-state index in [1.165, 1.54) is 5.56 Å². The monoisotopic (exact) mass is 550 g/mol. The van der Waals surface area contributed by atoms with Crippen LogP contribution in [0.15, 0.2) is 42.6 Å². The number of fused-ring (bicyclic) bond motifs is 1. The molecule has 40 heavy (non-hydrogen) atoms. The van der Waals surface area contributed by atoms with Crippen LogP contribution in [0.5, 0.6) is 0 Å². The molecule has 3 saturated heterocycles. The summed E-state index contributed by atoms with van der Waals surface area (Å²) in [6.07, 6.45) is 6.17. The number of hydrogen-bond donors (Lipinski definition) is 2. The van der Waals surface area contributed by atoms with Gasteiger partial charge in [0, 0.05) is 51.0 Å². The first-order valence-corrected chi connectivity index (χ1v) is 14.5. The molecule has 1 saturated carbocycles. The van der Waals surface area contributed by atoms with Crippen molar-refractivity contribution >= 4 is 24.0 Å². The fourth-order valence-corrected chi connectivity index (χ4v) is 6.93. The maximum absolute atomic E-state index is 13.2. The SMILES string of the molecule is O=C(O)OC1CCN(C2CCCC3C2OC(=O)N3C2CCN(c3ccnc(NCc4ccccc4)n3)CC2)CC1. The standard InChI is InChI=1S/C29H38N6O5/c36-28-35(24-8-4-7-23(26(24)40-28)33-17-12-22(13-18-33)39-29(37)38)21-10-15-34(16-11-21)25-9-14-30-27(32-25)31-19-20-5-2-1-3-6-20/h1-3,5-6,9,14,21-24,26H,4,7-8,10-13,15-19H2,(H,37,38)(H,30,31,32). The fraction of sp³-hybridized carbons (Fsp3) is 0.586. The highest BCUT2D eigenvalue weighted by Gasteiger charge is 2.51. The van der Waals surface area contributed by atoms with Crippen LogP contribution in [0.2, 0.25) is 0 Å². The molecule has 2 N–H and O–H groups in total. The number of nitrogens with zero attached hydrogens (tertiary/aromatic N) is 5. The molecular weight excluding hydrogens is 512 g/mol. The molecule has 11 heteroatoms. The number of piperidine rings is 2. The zero-order valence-corrected chi connectivity index (χ0v) is 22.7. The summed E-state index contributed by atoms with van der Waals surface area (Å²) in [5.41, 5.74) is 1.18. The predicted octanol–water partition coefficient (Wildman–Crippen LogP) is 3.96. The van der Waals surface area contributed by atoms with E-state index in [-0.39, 0.29) is 36.4 Å². The summed E-state index contributed by atoms with van der Waals surface area (Å²) in [6.45, 7) is 3.84. The third-order valence-electron chi connectivity index (χ3n) is 8.89. The van der Waals surface area contributed by atoms with Crippen molar-refractivity contribution in [3.05, 3.63) is 48.2 Å². The van der Waals surface area contributed by atoms with Gasteiger partial charge in [-0.15, -0.1) is 0 Å². The summed E-state index contributed by atoms with van der Waals surface area (Å²) in [4.78, 5) is 39.9. The first-order chi connectivity index (χ1) is 19.5. The molecule has 11 nitrogen and oxygen atoms in total. The van der Waals surface area contributed by atoms with Crippen molar-refractivity contribution in [1.82, 2.24) is 19.8 Å². The number of amides is 1. The number of carbonyl (C=O) groups excluding carboxylic acids is 1. The van der Waals surface area contributed by atoms with Crippen LogP contribution in [0.25, 0.3) is 0 Å². The Morgan fingerprint density at radius 2 is 1.75 bits per heavy atom. The largest absolute Gasteiger partial charge is 0.506 e. The second-order valence-electron chi connectivity index (χ2n) is 11.2. The topological polar surface area (TPSA) is 120 Å². The van der Waals surface area contributed by atoms with Crippen molar-refractivity contribution in [2.45, 2.75) is 81.8 Å². The highest BCUT2D eigenvalue weighted by molar-refractivity contribution is 5.71. The normalized spacial score (nSPS) is 26.3. The molecule has 1 aliphatic carbocycles. The highest BCUT2D eigenvalue weighted by atomic mass is 16.7. The van der Waals surface area contributed by atoms with Crippen molar-refractivity contribution in [3.63, 3.8) is 0 Å². The van der Waals surface area contributed by atoms with Gasteiger partial charge in [0.25, 0.3) is 0 Å². The summed E-state index contributed by atoms with van der Waals surface area (Å²) in [7, 11) is 0. The molecule has 3 aliphatic heterocycles. The number of nitrogens with one attached hydrogen (secondary N) is 1. The average Bonchev–Trinajstić information content (AvgIpc) is 3.33. The quantitative estimate of drug-likeness (QED) is 0.490. The highest BCUT2D eigenvalue weighted by Crippen LogP contribution is 2.38. The van der Waals surface area contributed by atoms with Crippen molar-refractivity contribution in [2.75, 3.05) is 36.4 Å². The Balaban J connectivity index is 1.04. The van der Waals surface area contributed by atoms with Crippen LogP contribution < -0.4 is 10.2 Å². The van der Waals surface area contributed by atoms with E-state index in [0.717, 1.165) is 64.1 Å². The summed E-state index contributed by atoms with van der Waals surface area (Å²) in [6, 6.07) is 12.6. The van der Waals surface area contributed by atoms with Gasteiger partial charge in [0.2, 0.25) is 5.95 Å². The van der Waals surface area contributed by atoms with Crippen LogP contribution in [0.1, 0.15) is 50.5 Å². The lowest BCUT2D eigenvalue weighted by Crippen LogP contribution is -2.56. The molecule has 0 spiro atoms. The zero-order valence-electron chi connectivity index (χ0n) is 22.7. The Morgan fingerprint density at radius 3 is 2.50 bits per heavy atom. The summed E-state index contributed by atoms with van der Waals surface area (Å²) in [5, 5.41) is 12.2. The third kappa shape index (κ3) is 5.79. The van der Waals surface area contributed by atoms with Gasteiger partial charge in [-0.05, 0) is 56.6 Å². The molecule has 2 aromatic rings. The number of hydrogen-bond acceptors (Lipinski definition) is 9. The molecule has 3 unspecified atom stereocenters. The molecule has 4 heterocycles. The van der Waals surface area contributed by atoms with E-state index < -0.39 is 6.16 Å². The minimum Gasteiger partial charge on any atom is -0.450 e. The summed E-state index contributed by atoms with van der Waals surface area (Å²) in [5.74, 6) is 1.51. The zero-order chi connectivity index (χ0) is 27.5. The molecule has 214 valence electrons. The van der Waals surface area contributed by atoms with Gasteiger partial charge in [-0.3, -0.25) is 9.80 Å².